The van der Waals surface area contributed by atoms with Gasteiger partial charge in [0.25, 0.3) is 0 Å². The Morgan fingerprint density at radius 2 is 1.85 bits per heavy atom. The Balaban J connectivity index is 1.46. The van der Waals surface area contributed by atoms with E-state index in [0.717, 1.165) is 0 Å². The number of nitrogens with one attached hydrogen (secondary N) is 1. The first-order chi connectivity index (χ1) is 12.9. The minimum absolute atomic E-state index is 0.176. The van der Waals surface area contributed by atoms with Gasteiger partial charge in [0.2, 0.25) is 15.9 Å². The highest BCUT2D eigenvalue weighted by atomic mass is 32.2. The number of nitrogens with zero attached hydrogens (tertiary/aromatic N) is 3. The lowest BCUT2D eigenvalue weighted by atomic mass is 9.73. The quantitative estimate of drug-likeness (QED) is 0.781. The maximum Gasteiger partial charge on any atom is 0.307 e. The first kappa shape index (κ1) is 17.9. The molecule has 9 nitrogen and oxygen atoms in total. The van der Waals surface area contributed by atoms with Crippen molar-refractivity contribution in [2.24, 2.45) is 11.8 Å². The lowest BCUT2D eigenvalue weighted by Crippen LogP contribution is -2.54. The number of pyridine rings is 1. The maximum atomic E-state index is 13.0. The Bertz CT molecular complexity index is 994. The van der Waals surface area contributed by atoms with Crippen molar-refractivity contribution >= 4 is 32.9 Å². The number of aromatic amines is 1. The van der Waals surface area contributed by atoms with Crippen molar-refractivity contribution in [2.45, 2.75) is 17.7 Å². The van der Waals surface area contributed by atoms with E-state index in [9.17, 15) is 18.0 Å². The van der Waals surface area contributed by atoms with Crippen LogP contribution in [-0.4, -0.2) is 70.8 Å². The van der Waals surface area contributed by atoms with Crippen molar-refractivity contribution in [3.8, 4) is 0 Å². The summed E-state index contributed by atoms with van der Waals surface area (Å²) < 4.78 is 27.3. The maximum absolute atomic E-state index is 13.0. The number of H-pyrrole nitrogens is 1. The second-order valence-corrected chi connectivity index (χ2v) is 8.82. The monoisotopic (exact) mass is 392 g/mol. The zero-order chi connectivity index (χ0) is 19.2. The molecule has 0 bridgehead atoms. The number of hydrogen-bond donors (Lipinski definition) is 2. The molecule has 2 fully saturated rings. The molecule has 144 valence electrons. The smallest absolute Gasteiger partial charge is 0.307 e. The van der Waals surface area contributed by atoms with E-state index in [1.165, 1.54) is 10.5 Å². The second-order valence-electron chi connectivity index (χ2n) is 6.91. The van der Waals surface area contributed by atoms with Crippen LogP contribution in [0.1, 0.15) is 12.8 Å². The average molecular weight is 392 g/mol. The molecule has 1 aliphatic carbocycles. The van der Waals surface area contributed by atoms with Crippen molar-refractivity contribution < 1.29 is 23.1 Å². The molecule has 27 heavy (non-hydrogen) atoms. The Morgan fingerprint density at radius 3 is 2.48 bits per heavy atom. The molecule has 0 aromatic carbocycles. The van der Waals surface area contributed by atoms with E-state index in [1.807, 2.05) is 0 Å². The number of aromatic nitrogens is 2. The number of carboxylic acid groups (broad SMARTS) is 1. The van der Waals surface area contributed by atoms with Crippen molar-refractivity contribution in [3.63, 3.8) is 0 Å². The van der Waals surface area contributed by atoms with Gasteiger partial charge < -0.3 is 15.0 Å². The Morgan fingerprint density at radius 1 is 1.15 bits per heavy atom. The summed E-state index contributed by atoms with van der Waals surface area (Å²) in [5, 5.41) is 9.66. The summed E-state index contributed by atoms with van der Waals surface area (Å²) in [4.78, 5) is 32.4. The zero-order valence-corrected chi connectivity index (χ0v) is 15.4. The number of carboxylic acids is 1. The van der Waals surface area contributed by atoms with Gasteiger partial charge >= 0.3 is 5.97 Å². The molecule has 1 saturated carbocycles. The number of carbonyl (C=O) groups excluding carboxylic acids is 1. The van der Waals surface area contributed by atoms with Gasteiger partial charge in [-0.05, 0) is 25.0 Å². The predicted octanol–water partition coefficient (Wildman–Crippen LogP) is 0.507. The summed E-state index contributed by atoms with van der Waals surface area (Å²) in [6.07, 6.45) is 4.13. The van der Waals surface area contributed by atoms with Crippen molar-refractivity contribution in [1.29, 1.82) is 0 Å². The predicted molar refractivity (Wildman–Crippen MR) is 95.3 cm³/mol. The molecule has 3 heterocycles. The van der Waals surface area contributed by atoms with Crippen LogP contribution in [0.15, 0.2) is 29.4 Å². The van der Waals surface area contributed by atoms with Gasteiger partial charge in [-0.15, -0.1) is 0 Å². The van der Waals surface area contributed by atoms with E-state index in [4.69, 9.17) is 5.11 Å². The third-order valence-corrected chi connectivity index (χ3v) is 7.43. The standard InChI is InChI=1S/C17H20N4O5S/c22-16(11-3-4-12(11)17(23)24)20-6-8-21(9-7-20)27(25,26)14-10-19-15-13(14)2-1-5-18-15/h1-2,5,10-12H,3-4,6-9H2,(H,18,19)(H,23,24). The molecule has 2 unspecified atom stereocenters. The number of hydrogen-bond acceptors (Lipinski definition) is 5. The van der Waals surface area contributed by atoms with E-state index in [2.05, 4.69) is 9.97 Å². The van der Waals surface area contributed by atoms with Crippen molar-refractivity contribution in [2.75, 3.05) is 26.2 Å². The lowest BCUT2D eigenvalue weighted by molar-refractivity contribution is -0.157. The van der Waals surface area contributed by atoms with Gasteiger partial charge in [-0.3, -0.25) is 9.59 Å². The van der Waals surface area contributed by atoms with Crippen LogP contribution in [0.3, 0.4) is 0 Å². The SMILES string of the molecule is O=C(O)C1CCC1C(=O)N1CCN(S(=O)(=O)c2c[nH]c3ncccc23)CC1. The highest BCUT2D eigenvalue weighted by Crippen LogP contribution is 2.36. The number of carbonyl (C=O) groups is 2. The van der Waals surface area contributed by atoms with Gasteiger partial charge in [-0.1, -0.05) is 0 Å². The van der Waals surface area contributed by atoms with Crippen molar-refractivity contribution in [1.82, 2.24) is 19.2 Å². The molecular weight excluding hydrogens is 372 g/mol. The molecule has 2 aromatic rings. The molecule has 2 N–H and O–H groups in total. The first-order valence-electron chi connectivity index (χ1n) is 8.83. The third kappa shape index (κ3) is 2.98. The molecule has 1 saturated heterocycles. The highest BCUT2D eigenvalue weighted by molar-refractivity contribution is 7.89. The molecule has 2 aromatic heterocycles. The largest absolute Gasteiger partial charge is 0.481 e. The molecule has 10 heteroatoms. The van der Waals surface area contributed by atoms with Gasteiger partial charge in [-0.25, -0.2) is 13.4 Å². The highest BCUT2D eigenvalue weighted by Gasteiger charge is 2.44. The van der Waals surface area contributed by atoms with Crippen molar-refractivity contribution in [3.05, 3.63) is 24.5 Å². The molecule has 2 atom stereocenters. The average Bonchev–Trinajstić information content (AvgIpc) is 3.05. The van der Waals surface area contributed by atoms with E-state index >= 15 is 0 Å². The first-order valence-corrected chi connectivity index (χ1v) is 10.3. The van der Waals surface area contributed by atoms with E-state index in [-0.39, 0.29) is 37.0 Å². The molecule has 1 aliphatic heterocycles. The van der Waals surface area contributed by atoms with Gasteiger partial charge in [0.1, 0.15) is 10.5 Å². The van der Waals surface area contributed by atoms with Crippen LogP contribution in [-0.2, 0) is 19.6 Å². The topological polar surface area (TPSA) is 124 Å². The van der Waals surface area contributed by atoms with E-state index in [0.29, 0.717) is 23.9 Å². The molecular formula is C17H20N4O5S. The van der Waals surface area contributed by atoms with Crippen LogP contribution in [0, 0.1) is 11.8 Å². The Hall–Kier alpha value is -2.46. The van der Waals surface area contributed by atoms with Gasteiger partial charge in [-0.2, -0.15) is 4.31 Å². The normalized spacial score (nSPS) is 23.9. The number of aliphatic carboxylic acids is 1. The molecule has 1 amide bonds. The fourth-order valence-electron chi connectivity index (χ4n) is 3.76. The minimum Gasteiger partial charge on any atom is -0.481 e. The number of amides is 1. The summed E-state index contributed by atoms with van der Waals surface area (Å²) in [6, 6.07) is 3.39. The zero-order valence-electron chi connectivity index (χ0n) is 14.5. The van der Waals surface area contributed by atoms with Crippen LogP contribution < -0.4 is 0 Å². The van der Waals surface area contributed by atoms with Gasteiger partial charge in [0.15, 0.2) is 0 Å². The van der Waals surface area contributed by atoms with Gasteiger partial charge in [0, 0.05) is 44.0 Å². The summed E-state index contributed by atoms with van der Waals surface area (Å²) >= 11 is 0. The number of rotatable bonds is 4. The molecule has 2 aliphatic rings. The summed E-state index contributed by atoms with van der Waals surface area (Å²) in [5.74, 6) is -2.21. The van der Waals surface area contributed by atoms with Crippen LogP contribution in [0.5, 0.6) is 0 Å². The summed E-state index contributed by atoms with van der Waals surface area (Å²) in [6.45, 7) is 0.903. The van der Waals surface area contributed by atoms with E-state index in [1.54, 1.807) is 23.2 Å². The number of piperazine rings is 1. The summed E-state index contributed by atoms with van der Waals surface area (Å²) in [7, 11) is -3.70. The second kappa shape index (κ2) is 6.61. The summed E-state index contributed by atoms with van der Waals surface area (Å²) in [5.41, 5.74) is 0.509. The van der Waals surface area contributed by atoms with Crippen LogP contribution in [0.2, 0.25) is 0 Å². The molecule has 0 radical (unpaired) electrons. The molecule has 4 rings (SSSR count). The Labute approximate surface area is 156 Å². The number of sulfonamides is 1. The Kier molecular flexibility index (Phi) is 4.39. The fourth-order valence-corrected chi connectivity index (χ4v) is 5.33. The minimum atomic E-state index is -3.70. The van der Waals surface area contributed by atoms with Crippen LogP contribution in [0.25, 0.3) is 11.0 Å². The molecule has 0 spiro atoms. The van der Waals surface area contributed by atoms with E-state index < -0.39 is 27.8 Å². The number of fused-ring (bicyclic) bond motifs is 1. The fraction of sp³-hybridized carbons (Fsp3) is 0.471. The van der Waals surface area contributed by atoms with Crippen LogP contribution >= 0.6 is 0 Å². The third-order valence-electron chi connectivity index (χ3n) is 5.49. The van der Waals surface area contributed by atoms with Crippen LogP contribution in [0.4, 0.5) is 0 Å². The van der Waals surface area contributed by atoms with Gasteiger partial charge in [0.05, 0.1) is 11.8 Å². The lowest BCUT2D eigenvalue weighted by Gasteiger charge is -2.39.